The van der Waals surface area contributed by atoms with Gasteiger partial charge in [-0.15, -0.1) is 0 Å². The van der Waals surface area contributed by atoms with E-state index in [2.05, 4.69) is 24.9 Å². The zero-order chi connectivity index (χ0) is 10.1. The summed E-state index contributed by atoms with van der Waals surface area (Å²) >= 11 is 0. The second-order valence-corrected chi connectivity index (χ2v) is 3.73. The number of ether oxygens (including phenoxy) is 1. The quantitative estimate of drug-likeness (QED) is 0.769. The number of aromatic amines is 1. The molecule has 1 heterocycles. The molecule has 2 rings (SSSR count). The number of nitrogens with one attached hydrogen (secondary N) is 1. The van der Waals surface area contributed by atoms with Crippen molar-refractivity contribution in [2.45, 2.75) is 19.8 Å². The van der Waals surface area contributed by atoms with Gasteiger partial charge in [0, 0.05) is 22.7 Å². The Hall–Kier alpha value is -1.44. The molecular weight excluding hydrogens is 174 g/mol. The summed E-state index contributed by atoms with van der Waals surface area (Å²) in [7, 11) is 1.68. The predicted molar refractivity (Wildman–Crippen MR) is 57.8 cm³/mol. The van der Waals surface area contributed by atoms with Gasteiger partial charge in [0.05, 0.1) is 7.11 Å². The Kier molecular flexibility index (Phi) is 2.20. The molecule has 1 aromatic carbocycles. The summed E-state index contributed by atoms with van der Waals surface area (Å²) in [5.74, 6) is 1.36. The number of benzene rings is 1. The highest BCUT2D eigenvalue weighted by atomic mass is 16.5. The fourth-order valence-electron chi connectivity index (χ4n) is 1.47. The third-order valence-corrected chi connectivity index (χ3v) is 2.34. The van der Waals surface area contributed by atoms with Gasteiger partial charge in [0.25, 0.3) is 0 Å². The number of methoxy groups -OCH3 is 1. The lowest BCUT2D eigenvalue weighted by molar-refractivity contribution is 0.415. The van der Waals surface area contributed by atoms with E-state index in [-0.39, 0.29) is 0 Å². The van der Waals surface area contributed by atoms with E-state index in [1.807, 2.05) is 18.2 Å². The van der Waals surface area contributed by atoms with Crippen molar-refractivity contribution in [2.24, 2.45) is 0 Å². The first-order chi connectivity index (χ1) is 6.70. The van der Waals surface area contributed by atoms with Crippen molar-refractivity contribution in [2.75, 3.05) is 7.11 Å². The zero-order valence-corrected chi connectivity index (χ0v) is 8.72. The zero-order valence-electron chi connectivity index (χ0n) is 8.72. The summed E-state index contributed by atoms with van der Waals surface area (Å²) in [5.41, 5.74) is 2.27. The molecule has 2 heteroatoms. The van der Waals surface area contributed by atoms with E-state index in [1.165, 1.54) is 0 Å². The second kappa shape index (κ2) is 3.37. The Balaban J connectivity index is 2.54. The molecule has 0 spiro atoms. The maximum absolute atomic E-state index is 5.16. The van der Waals surface area contributed by atoms with Crippen molar-refractivity contribution in [1.82, 2.24) is 4.98 Å². The SMILES string of the molecule is COc1ccc2[nH]c(C(C)C)[c]c2c1. The summed E-state index contributed by atoms with van der Waals surface area (Å²) < 4.78 is 5.16. The molecule has 73 valence electrons. The first-order valence-corrected chi connectivity index (χ1v) is 4.79. The van der Waals surface area contributed by atoms with Crippen molar-refractivity contribution in [3.8, 4) is 5.75 Å². The number of hydrogen-bond donors (Lipinski definition) is 1. The van der Waals surface area contributed by atoms with Gasteiger partial charge in [-0.05, 0) is 24.1 Å². The molecule has 0 bridgehead atoms. The lowest BCUT2D eigenvalue weighted by Crippen LogP contribution is -1.84. The maximum Gasteiger partial charge on any atom is 0.119 e. The van der Waals surface area contributed by atoms with E-state index in [1.54, 1.807) is 7.11 Å². The van der Waals surface area contributed by atoms with Crippen LogP contribution in [0.25, 0.3) is 10.9 Å². The highest BCUT2D eigenvalue weighted by Crippen LogP contribution is 2.23. The maximum atomic E-state index is 5.16. The molecule has 0 fully saturated rings. The van der Waals surface area contributed by atoms with Crippen LogP contribution in [0.4, 0.5) is 0 Å². The highest BCUT2D eigenvalue weighted by Gasteiger charge is 2.05. The molecule has 0 aliphatic carbocycles. The number of hydrogen-bond acceptors (Lipinski definition) is 1. The molecule has 0 saturated carbocycles. The van der Waals surface area contributed by atoms with Crippen LogP contribution in [-0.2, 0) is 0 Å². The van der Waals surface area contributed by atoms with Crippen LogP contribution in [0.3, 0.4) is 0 Å². The molecular formula is C12H14NO. The monoisotopic (exact) mass is 188 g/mol. The molecule has 1 radical (unpaired) electrons. The first-order valence-electron chi connectivity index (χ1n) is 4.79. The normalized spacial score (nSPS) is 11.1. The third-order valence-electron chi connectivity index (χ3n) is 2.34. The van der Waals surface area contributed by atoms with Crippen LogP contribution in [0.2, 0.25) is 0 Å². The van der Waals surface area contributed by atoms with Gasteiger partial charge in [0.15, 0.2) is 0 Å². The largest absolute Gasteiger partial charge is 0.497 e. The second-order valence-electron chi connectivity index (χ2n) is 3.73. The first kappa shape index (κ1) is 9.13. The lowest BCUT2D eigenvalue weighted by atomic mass is 10.1. The smallest absolute Gasteiger partial charge is 0.119 e. The van der Waals surface area contributed by atoms with Gasteiger partial charge < -0.3 is 9.72 Å². The van der Waals surface area contributed by atoms with Crippen molar-refractivity contribution < 1.29 is 4.74 Å². The molecule has 2 nitrogen and oxygen atoms in total. The van der Waals surface area contributed by atoms with Gasteiger partial charge in [-0.1, -0.05) is 13.8 Å². The van der Waals surface area contributed by atoms with Gasteiger partial charge in [0.1, 0.15) is 5.75 Å². The fourth-order valence-corrected chi connectivity index (χ4v) is 1.47. The molecule has 14 heavy (non-hydrogen) atoms. The molecule has 1 aromatic heterocycles. The summed E-state index contributed by atoms with van der Waals surface area (Å²) in [6, 6.07) is 9.31. The molecule has 0 amide bonds. The standard InChI is InChI=1S/C12H14NO/c1-8(2)12-7-9-6-10(14-3)4-5-11(9)13-12/h4-6,8,13H,1-3H3. The van der Waals surface area contributed by atoms with Crippen LogP contribution in [0.1, 0.15) is 25.5 Å². The Morgan fingerprint density at radius 3 is 2.79 bits per heavy atom. The van der Waals surface area contributed by atoms with Crippen LogP contribution in [-0.4, -0.2) is 12.1 Å². The van der Waals surface area contributed by atoms with E-state index in [9.17, 15) is 0 Å². The van der Waals surface area contributed by atoms with E-state index < -0.39 is 0 Å². The highest BCUT2D eigenvalue weighted by molar-refractivity contribution is 5.81. The Labute approximate surface area is 83.9 Å². The van der Waals surface area contributed by atoms with E-state index in [0.717, 1.165) is 22.3 Å². The molecule has 0 unspecified atom stereocenters. The summed E-state index contributed by atoms with van der Waals surface area (Å²) in [6.07, 6.45) is 0. The molecule has 0 atom stereocenters. The lowest BCUT2D eigenvalue weighted by Gasteiger charge is -1.97. The van der Waals surface area contributed by atoms with Crippen LogP contribution in [0, 0.1) is 6.07 Å². The van der Waals surface area contributed by atoms with Crippen molar-refractivity contribution in [1.29, 1.82) is 0 Å². The van der Waals surface area contributed by atoms with Gasteiger partial charge in [-0.3, -0.25) is 0 Å². The van der Waals surface area contributed by atoms with Gasteiger partial charge in [-0.25, -0.2) is 0 Å². The topological polar surface area (TPSA) is 25.0 Å². The minimum Gasteiger partial charge on any atom is -0.497 e. The molecule has 0 saturated heterocycles. The minimum absolute atomic E-state index is 0.480. The fraction of sp³-hybridized carbons (Fsp3) is 0.333. The molecule has 0 aliphatic heterocycles. The average molecular weight is 188 g/mol. The van der Waals surface area contributed by atoms with E-state index >= 15 is 0 Å². The molecule has 1 N–H and O–H groups in total. The van der Waals surface area contributed by atoms with Gasteiger partial charge >= 0.3 is 0 Å². The number of fused-ring (bicyclic) bond motifs is 1. The van der Waals surface area contributed by atoms with E-state index in [0.29, 0.717) is 5.92 Å². The summed E-state index contributed by atoms with van der Waals surface area (Å²) in [5, 5.41) is 1.09. The van der Waals surface area contributed by atoms with Crippen molar-refractivity contribution in [3.05, 3.63) is 30.0 Å². The average Bonchev–Trinajstić information content (AvgIpc) is 2.59. The van der Waals surface area contributed by atoms with Crippen LogP contribution in [0.15, 0.2) is 18.2 Å². The Morgan fingerprint density at radius 1 is 1.36 bits per heavy atom. The Bertz CT molecular complexity index is 443. The van der Waals surface area contributed by atoms with Crippen LogP contribution in [0.5, 0.6) is 5.75 Å². The van der Waals surface area contributed by atoms with Crippen LogP contribution < -0.4 is 4.74 Å². The van der Waals surface area contributed by atoms with Gasteiger partial charge in [-0.2, -0.15) is 0 Å². The minimum atomic E-state index is 0.480. The van der Waals surface area contributed by atoms with Crippen molar-refractivity contribution in [3.63, 3.8) is 0 Å². The number of aromatic nitrogens is 1. The van der Waals surface area contributed by atoms with Crippen molar-refractivity contribution >= 4 is 10.9 Å². The molecule has 2 aromatic rings. The van der Waals surface area contributed by atoms with E-state index in [4.69, 9.17) is 4.74 Å². The number of rotatable bonds is 2. The summed E-state index contributed by atoms with van der Waals surface area (Å²) in [4.78, 5) is 3.34. The van der Waals surface area contributed by atoms with Gasteiger partial charge in [0.2, 0.25) is 0 Å². The summed E-state index contributed by atoms with van der Waals surface area (Å²) in [6.45, 7) is 4.30. The predicted octanol–water partition coefficient (Wildman–Crippen LogP) is 3.10. The number of H-pyrrole nitrogens is 1. The van der Waals surface area contributed by atoms with Crippen LogP contribution >= 0.6 is 0 Å². The third kappa shape index (κ3) is 1.48. The Morgan fingerprint density at radius 2 is 2.14 bits per heavy atom. The molecule has 0 aliphatic rings.